The Balaban J connectivity index is 0.00000312. The van der Waals surface area contributed by atoms with Crippen molar-refractivity contribution in [3.63, 3.8) is 0 Å². The Bertz CT molecular complexity index is 667. The standard InChI is InChI=1S/C18H22ClFN4.HI/c1-2-21-18(24-12-9-16-5-3-4-10-22-16)23-11-8-14-6-7-15(20)13-17(14)19;/h3-7,10,13H,2,8-9,11-12H2,1H3,(H2,21,23,24);1H. The van der Waals surface area contributed by atoms with Crippen LogP contribution in [0.25, 0.3) is 0 Å². The van der Waals surface area contributed by atoms with Crippen LogP contribution in [-0.2, 0) is 12.8 Å². The fourth-order valence-electron chi connectivity index (χ4n) is 2.21. The number of guanidine groups is 1. The van der Waals surface area contributed by atoms with E-state index in [1.165, 1.54) is 12.1 Å². The van der Waals surface area contributed by atoms with Gasteiger partial charge in [0.25, 0.3) is 0 Å². The van der Waals surface area contributed by atoms with Crippen LogP contribution in [0.5, 0.6) is 0 Å². The molecule has 0 unspecified atom stereocenters. The molecular formula is C18H23ClFIN4. The summed E-state index contributed by atoms with van der Waals surface area (Å²) in [6.07, 6.45) is 3.28. The zero-order valence-electron chi connectivity index (χ0n) is 14.1. The molecule has 0 aliphatic heterocycles. The van der Waals surface area contributed by atoms with E-state index in [1.807, 2.05) is 25.1 Å². The highest BCUT2D eigenvalue weighted by atomic mass is 127. The van der Waals surface area contributed by atoms with Gasteiger partial charge in [0.05, 0.1) is 0 Å². The molecule has 2 aromatic rings. The lowest BCUT2D eigenvalue weighted by molar-refractivity contribution is 0.627. The van der Waals surface area contributed by atoms with Gasteiger partial charge in [-0.2, -0.15) is 0 Å². The van der Waals surface area contributed by atoms with Gasteiger partial charge in [0.2, 0.25) is 0 Å². The second-order valence-electron chi connectivity index (χ2n) is 5.24. The summed E-state index contributed by atoms with van der Waals surface area (Å²) >= 11 is 6.04. The minimum atomic E-state index is -0.318. The van der Waals surface area contributed by atoms with E-state index in [-0.39, 0.29) is 29.8 Å². The van der Waals surface area contributed by atoms with Gasteiger partial charge in [0.1, 0.15) is 5.82 Å². The fourth-order valence-corrected chi connectivity index (χ4v) is 2.47. The maximum Gasteiger partial charge on any atom is 0.191 e. The number of aromatic nitrogens is 1. The zero-order chi connectivity index (χ0) is 17.2. The van der Waals surface area contributed by atoms with Crippen LogP contribution >= 0.6 is 35.6 Å². The van der Waals surface area contributed by atoms with Gasteiger partial charge >= 0.3 is 0 Å². The van der Waals surface area contributed by atoms with Crippen molar-refractivity contribution < 1.29 is 4.39 Å². The number of rotatable bonds is 7. The van der Waals surface area contributed by atoms with Gasteiger partial charge in [-0.25, -0.2) is 4.39 Å². The molecule has 136 valence electrons. The van der Waals surface area contributed by atoms with Crippen molar-refractivity contribution >= 4 is 41.5 Å². The summed E-state index contributed by atoms with van der Waals surface area (Å²) in [5.41, 5.74) is 1.94. The smallest absolute Gasteiger partial charge is 0.191 e. The van der Waals surface area contributed by atoms with E-state index in [0.717, 1.165) is 30.2 Å². The summed E-state index contributed by atoms with van der Waals surface area (Å²) in [7, 11) is 0. The van der Waals surface area contributed by atoms with Crippen LogP contribution in [0, 0.1) is 5.82 Å². The number of nitrogens with zero attached hydrogens (tertiary/aromatic N) is 2. The molecule has 0 radical (unpaired) electrons. The first-order valence-electron chi connectivity index (χ1n) is 8.05. The van der Waals surface area contributed by atoms with E-state index < -0.39 is 0 Å². The average Bonchev–Trinajstić information content (AvgIpc) is 2.58. The van der Waals surface area contributed by atoms with Crippen LogP contribution in [0.15, 0.2) is 47.6 Å². The lowest BCUT2D eigenvalue weighted by atomic mass is 10.1. The van der Waals surface area contributed by atoms with E-state index in [0.29, 0.717) is 24.5 Å². The predicted molar refractivity (Wildman–Crippen MR) is 112 cm³/mol. The third-order valence-corrected chi connectivity index (χ3v) is 3.76. The molecule has 1 aromatic heterocycles. The molecule has 0 amide bonds. The first-order chi connectivity index (χ1) is 11.7. The van der Waals surface area contributed by atoms with Crippen molar-refractivity contribution in [1.29, 1.82) is 0 Å². The molecule has 0 spiro atoms. The van der Waals surface area contributed by atoms with Crippen LogP contribution in [0.3, 0.4) is 0 Å². The molecule has 0 aliphatic rings. The number of hydrogen-bond donors (Lipinski definition) is 2. The Labute approximate surface area is 170 Å². The van der Waals surface area contributed by atoms with E-state index in [1.54, 1.807) is 12.3 Å². The van der Waals surface area contributed by atoms with Crippen molar-refractivity contribution in [1.82, 2.24) is 15.6 Å². The van der Waals surface area contributed by atoms with Gasteiger partial charge in [0, 0.05) is 43.0 Å². The quantitative estimate of drug-likeness (QED) is 0.363. The molecule has 0 aliphatic carbocycles. The molecule has 2 rings (SSSR count). The van der Waals surface area contributed by atoms with Crippen molar-refractivity contribution in [3.05, 3.63) is 64.7 Å². The van der Waals surface area contributed by atoms with Gasteiger partial charge < -0.3 is 10.6 Å². The summed E-state index contributed by atoms with van der Waals surface area (Å²) in [6, 6.07) is 10.3. The predicted octanol–water partition coefficient (Wildman–Crippen LogP) is 3.83. The number of pyridine rings is 1. The minimum Gasteiger partial charge on any atom is -0.357 e. The largest absolute Gasteiger partial charge is 0.357 e. The first kappa shape index (κ1) is 21.6. The van der Waals surface area contributed by atoms with E-state index in [2.05, 4.69) is 20.6 Å². The number of nitrogens with one attached hydrogen (secondary N) is 2. The molecule has 1 aromatic carbocycles. The molecule has 4 nitrogen and oxygen atoms in total. The summed E-state index contributed by atoms with van der Waals surface area (Å²) in [6.45, 7) is 4.13. The van der Waals surface area contributed by atoms with Gasteiger partial charge in [-0.3, -0.25) is 9.98 Å². The SMILES string of the molecule is CCNC(=NCCc1ccccn1)NCCc1ccc(F)cc1Cl.I. The summed E-state index contributed by atoms with van der Waals surface area (Å²) in [4.78, 5) is 8.82. The van der Waals surface area contributed by atoms with Crippen LogP contribution in [0.2, 0.25) is 5.02 Å². The monoisotopic (exact) mass is 476 g/mol. The maximum atomic E-state index is 13.0. The highest BCUT2D eigenvalue weighted by Gasteiger charge is 2.03. The van der Waals surface area contributed by atoms with E-state index in [4.69, 9.17) is 11.6 Å². The Morgan fingerprint density at radius 2 is 2.04 bits per heavy atom. The van der Waals surface area contributed by atoms with E-state index >= 15 is 0 Å². The minimum absolute atomic E-state index is 0. The van der Waals surface area contributed by atoms with Gasteiger partial charge in [-0.05, 0) is 43.2 Å². The average molecular weight is 477 g/mol. The van der Waals surface area contributed by atoms with Gasteiger partial charge in [-0.15, -0.1) is 24.0 Å². The molecule has 2 N–H and O–H groups in total. The molecule has 7 heteroatoms. The van der Waals surface area contributed by atoms with E-state index in [9.17, 15) is 4.39 Å². The number of hydrogen-bond acceptors (Lipinski definition) is 2. The summed E-state index contributed by atoms with van der Waals surface area (Å²) < 4.78 is 13.0. The molecule has 0 saturated heterocycles. The van der Waals surface area contributed by atoms with Crippen molar-refractivity contribution in [2.45, 2.75) is 19.8 Å². The first-order valence-corrected chi connectivity index (χ1v) is 8.43. The number of halogens is 3. The Hall–Kier alpha value is -1.41. The lowest BCUT2D eigenvalue weighted by Gasteiger charge is -2.12. The van der Waals surface area contributed by atoms with Crippen LogP contribution in [0.4, 0.5) is 4.39 Å². The highest BCUT2D eigenvalue weighted by molar-refractivity contribution is 14.0. The van der Waals surface area contributed by atoms with Crippen LogP contribution in [0.1, 0.15) is 18.2 Å². The van der Waals surface area contributed by atoms with Crippen LogP contribution in [-0.4, -0.2) is 30.6 Å². The highest BCUT2D eigenvalue weighted by Crippen LogP contribution is 2.17. The van der Waals surface area contributed by atoms with Gasteiger partial charge in [0.15, 0.2) is 5.96 Å². The Kier molecular flexibility index (Phi) is 10.4. The van der Waals surface area contributed by atoms with Crippen molar-refractivity contribution in [2.75, 3.05) is 19.6 Å². The molecular weight excluding hydrogens is 454 g/mol. The second-order valence-corrected chi connectivity index (χ2v) is 5.65. The van der Waals surface area contributed by atoms with Crippen molar-refractivity contribution in [2.24, 2.45) is 4.99 Å². The molecule has 25 heavy (non-hydrogen) atoms. The zero-order valence-corrected chi connectivity index (χ0v) is 17.2. The maximum absolute atomic E-state index is 13.0. The third-order valence-electron chi connectivity index (χ3n) is 3.41. The summed E-state index contributed by atoms with van der Waals surface area (Å²) in [5.74, 6) is 0.438. The van der Waals surface area contributed by atoms with Crippen molar-refractivity contribution in [3.8, 4) is 0 Å². The second kappa shape index (κ2) is 12.0. The number of benzene rings is 1. The molecule has 1 heterocycles. The topological polar surface area (TPSA) is 49.3 Å². The molecule has 0 bridgehead atoms. The lowest BCUT2D eigenvalue weighted by Crippen LogP contribution is -2.38. The normalized spacial score (nSPS) is 10.9. The van der Waals surface area contributed by atoms with Crippen LogP contribution < -0.4 is 10.6 Å². The molecule has 0 fully saturated rings. The third kappa shape index (κ3) is 8.00. The molecule has 0 saturated carbocycles. The summed E-state index contributed by atoms with van der Waals surface area (Å²) in [5, 5.41) is 6.92. The van der Waals surface area contributed by atoms with Gasteiger partial charge in [-0.1, -0.05) is 23.7 Å². The Morgan fingerprint density at radius 1 is 1.20 bits per heavy atom. The Morgan fingerprint density at radius 3 is 2.72 bits per heavy atom. The number of aliphatic imine (C=N–C) groups is 1. The molecule has 0 atom stereocenters. The fraction of sp³-hybridized carbons (Fsp3) is 0.333.